The first-order valence-corrected chi connectivity index (χ1v) is 5.80. The molecule has 1 heterocycles. The predicted octanol–water partition coefficient (Wildman–Crippen LogP) is -2.42. The Morgan fingerprint density at radius 2 is 2.28 bits per heavy atom. The van der Waals surface area contributed by atoms with Gasteiger partial charge in [-0.25, -0.2) is 0 Å². The molecule has 6 heteroatoms. The van der Waals surface area contributed by atoms with Crippen molar-refractivity contribution < 1.29 is 33.9 Å². The Hall–Kier alpha value is -0.663. The van der Waals surface area contributed by atoms with Crippen LogP contribution in [0.5, 0.6) is 0 Å². The van der Waals surface area contributed by atoms with Crippen LogP contribution in [0.3, 0.4) is 0 Å². The van der Waals surface area contributed by atoms with Gasteiger partial charge in [-0.15, -0.1) is 0 Å². The van der Waals surface area contributed by atoms with Crippen LogP contribution in [0.25, 0.3) is 0 Å². The van der Waals surface area contributed by atoms with E-state index in [1.165, 1.54) is 12.1 Å². The third-order valence-corrected chi connectivity index (χ3v) is 3.76. The zero-order valence-corrected chi connectivity index (χ0v) is 11.1. The number of hydrogen-bond donors (Lipinski definition) is 1. The fourth-order valence-electron chi connectivity index (χ4n) is 1.99. The van der Waals surface area contributed by atoms with Crippen molar-refractivity contribution in [3.63, 3.8) is 0 Å². The topological polar surface area (TPSA) is 63.6 Å². The molecule has 0 amide bonds. The Balaban J connectivity index is 0.00000162. The number of carbonyl (C=O) groups excluding carboxylic acids is 1. The van der Waals surface area contributed by atoms with Crippen molar-refractivity contribution in [1.29, 1.82) is 0 Å². The summed E-state index contributed by atoms with van der Waals surface area (Å²) in [6.07, 6.45) is 0.552. The van der Waals surface area contributed by atoms with Crippen LogP contribution in [0.1, 0.15) is 23.7 Å². The number of aliphatic hydroxyl groups is 1. The van der Waals surface area contributed by atoms with E-state index in [9.17, 15) is 15.0 Å². The van der Waals surface area contributed by atoms with Crippen molar-refractivity contribution in [1.82, 2.24) is 0 Å². The van der Waals surface area contributed by atoms with Crippen LogP contribution >= 0.6 is 11.6 Å². The van der Waals surface area contributed by atoms with E-state index in [0.717, 1.165) is 0 Å². The molecule has 1 aliphatic heterocycles. The molecule has 1 saturated heterocycles. The standard InChI is InChI=1S/C12H14ClNO3.Li/c1-12(17)5-6-14(11(12)13)9-4-2-3-8(7-9)10(15)16;/h2-4,7,11,17H,5-6H2,1H3,(H,15,16);/q;+1/p-1. The van der Waals surface area contributed by atoms with Crippen molar-refractivity contribution >= 4 is 23.3 Å². The molecule has 0 spiro atoms. The van der Waals surface area contributed by atoms with Gasteiger partial charge in [-0.2, -0.15) is 0 Å². The molecule has 1 aromatic rings. The summed E-state index contributed by atoms with van der Waals surface area (Å²) >= 11 is 6.15. The molecule has 1 aliphatic rings. The van der Waals surface area contributed by atoms with Crippen LogP contribution in [-0.2, 0) is 0 Å². The first-order valence-electron chi connectivity index (χ1n) is 5.36. The number of nitrogens with zero attached hydrogens (tertiary/aromatic N) is 1. The molecule has 0 bridgehead atoms. The van der Waals surface area contributed by atoms with E-state index >= 15 is 0 Å². The first kappa shape index (κ1) is 15.4. The molecular formula is C12H13ClLiNO3. The normalized spacial score (nSPS) is 26.8. The van der Waals surface area contributed by atoms with Crippen LogP contribution in [0, 0.1) is 0 Å². The van der Waals surface area contributed by atoms with Gasteiger partial charge >= 0.3 is 18.9 Å². The summed E-state index contributed by atoms with van der Waals surface area (Å²) in [5, 5.41) is 20.7. The second-order valence-electron chi connectivity index (χ2n) is 4.47. The molecular weight excluding hydrogens is 249 g/mol. The Labute approximate surface area is 123 Å². The zero-order chi connectivity index (χ0) is 12.6. The average Bonchev–Trinajstić information content (AvgIpc) is 2.54. The maximum absolute atomic E-state index is 10.8. The molecule has 2 rings (SSSR count). The molecule has 4 nitrogen and oxygen atoms in total. The van der Waals surface area contributed by atoms with Crippen LogP contribution in [0.2, 0.25) is 0 Å². The van der Waals surface area contributed by atoms with E-state index in [1.54, 1.807) is 24.0 Å². The van der Waals surface area contributed by atoms with E-state index in [1.807, 2.05) is 0 Å². The maximum atomic E-state index is 10.8. The van der Waals surface area contributed by atoms with Crippen molar-refractivity contribution in [3.8, 4) is 0 Å². The van der Waals surface area contributed by atoms with Gasteiger partial charge in [0.25, 0.3) is 0 Å². The number of carbonyl (C=O) groups is 1. The molecule has 0 aliphatic carbocycles. The van der Waals surface area contributed by atoms with Gasteiger partial charge in [0, 0.05) is 12.2 Å². The summed E-state index contributed by atoms with van der Waals surface area (Å²) in [6.45, 7) is 2.27. The minimum Gasteiger partial charge on any atom is -0.545 e. The second kappa shape index (κ2) is 5.54. The van der Waals surface area contributed by atoms with Crippen LogP contribution in [-0.4, -0.2) is 28.7 Å². The SMILES string of the molecule is CC1(O)CCN(c2cccc(C(=O)[O-])c2)C1Cl.[Li+]. The monoisotopic (exact) mass is 261 g/mol. The summed E-state index contributed by atoms with van der Waals surface area (Å²) in [5.74, 6) is -1.22. The third kappa shape index (κ3) is 2.84. The molecule has 2 unspecified atom stereocenters. The molecule has 1 fully saturated rings. The van der Waals surface area contributed by atoms with Gasteiger partial charge in [0.15, 0.2) is 0 Å². The molecule has 0 radical (unpaired) electrons. The summed E-state index contributed by atoms with van der Waals surface area (Å²) in [6, 6.07) is 6.38. The number of halogens is 1. The van der Waals surface area contributed by atoms with Crippen molar-refractivity contribution in [2.45, 2.75) is 24.4 Å². The van der Waals surface area contributed by atoms with Gasteiger partial charge < -0.3 is 19.9 Å². The summed E-state index contributed by atoms with van der Waals surface area (Å²) in [7, 11) is 0. The zero-order valence-electron chi connectivity index (χ0n) is 10.4. The fraction of sp³-hybridized carbons (Fsp3) is 0.417. The molecule has 92 valence electrons. The largest absolute Gasteiger partial charge is 1.00 e. The molecule has 18 heavy (non-hydrogen) atoms. The van der Waals surface area contributed by atoms with E-state index in [0.29, 0.717) is 18.7 Å². The van der Waals surface area contributed by atoms with Gasteiger partial charge in [-0.05, 0) is 31.0 Å². The molecule has 2 atom stereocenters. The van der Waals surface area contributed by atoms with E-state index in [-0.39, 0.29) is 24.4 Å². The summed E-state index contributed by atoms with van der Waals surface area (Å²) in [4.78, 5) is 12.6. The van der Waals surface area contributed by atoms with Crippen LogP contribution in [0.15, 0.2) is 24.3 Å². The second-order valence-corrected chi connectivity index (χ2v) is 4.89. The molecule has 1 aromatic carbocycles. The fourth-order valence-corrected chi connectivity index (χ4v) is 2.31. The molecule has 0 aromatic heterocycles. The number of anilines is 1. The van der Waals surface area contributed by atoms with Gasteiger partial charge in [-0.1, -0.05) is 23.7 Å². The van der Waals surface area contributed by atoms with Crippen molar-refractivity contribution in [2.75, 3.05) is 11.4 Å². The number of rotatable bonds is 2. The van der Waals surface area contributed by atoms with Gasteiger partial charge in [0.1, 0.15) is 5.50 Å². The van der Waals surface area contributed by atoms with Crippen molar-refractivity contribution in [3.05, 3.63) is 29.8 Å². The third-order valence-electron chi connectivity index (χ3n) is 3.06. The quantitative estimate of drug-likeness (QED) is 0.366. The van der Waals surface area contributed by atoms with Gasteiger partial charge in [0.05, 0.1) is 11.6 Å². The Kier molecular flexibility index (Phi) is 4.74. The van der Waals surface area contributed by atoms with Crippen molar-refractivity contribution in [2.24, 2.45) is 0 Å². The summed E-state index contributed by atoms with van der Waals surface area (Å²) < 4.78 is 0. The Morgan fingerprint density at radius 3 is 2.78 bits per heavy atom. The van der Waals surface area contributed by atoms with Gasteiger partial charge in [0.2, 0.25) is 0 Å². The number of benzene rings is 1. The first-order chi connectivity index (χ1) is 7.92. The van der Waals surface area contributed by atoms with Crippen LogP contribution in [0.4, 0.5) is 5.69 Å². The number of carboxylic acid groups (broad SMARTS) is 1. The number of carboxylic acids is 1. The van der Waals surface area contributed by atoms with Gasteiger partial charge in [-0.3, -0.25) is 0 Å². The van der Waals surface area contributed by atoms with E-state index < -0.39 is 17.1 Å². The molecule has 0 saturated carbocycles. The number of aromatic carboxylic acids is 1. The smallest absolute Gasteiger partial charge is 0.545 e. The summed E-state index contributed by atoms with van der Waals surface area (Å²) in [5.41, 5.74) is -0.721. The van der Waals surface area contributed by atoms with Crippen LogP contribution < -0.4 is 28.9 Å². The number of hydrogen-bond acceptors (Lipinski definition) is 4. The van der Waals surface area contributed by atoms with E-state index in [4.69, 9.17) is 11.6 Å². The number of alkyl halides is 1. The Morgan fingerprint density at radius 1 is 1.61 bits per heavy atom. The predicted molar refractivity (Wildman–Crippen MR) is 63.0 cm³/mol. The average molecular weight is 262 g/mol. The maximum Gasteiger partial charge on any atom is 1.00 e. The minimum absolute atomic E-state index is 0. The Bertz CT molecular complexity index is 453. The van der Waals surface area contributed by atoms with E-state index in [2.05, 4.69) is 0 Å². The minimum atomic E-state index is -1.22. The molecule has 1 N–H and O–H groups in total.